The quantitative estimate of drug-likeness (QED) is 0.115. The summed E-state index contributed by atoms with van der Waals surface area (Å²) in [4.78, 5) is 30.4. The molecule has 4 aromatic rings. The van der Waals surface area contributed by atoms with Gasteiger partial charge >= 0.3 is 6.36 Å². The van der Waals surface area contributed by atoms with Crippen LogP contribution in [0.3, 0.4) is 0 Å². The first-order chi connectivity index (χ1) is 27.6. The third-order valence-corrected chi connectivity index (χ3v) is 12.1. The van der Waals surface area contributed by atoms with Crippen LogP contribution in [0.1, 0.15) is 96.5 Å². The normalized spacial score (nSPS) is 22.3. The standard InChI is InChI=1S/C47H52F3NO7/c1-31-9-8-23-45(2)40(38-20-15-33(25-36(52)17-12-31)26-39(38)44(54)35-10-6-5-7-11-35)22-24-46(45,55)30-51(29-32-13-18-37(19-14-32)58-47(48,49)50)43(53)28-34-16-21-41(56-3)42(27-34)57-4/h5-7,9-11,13-16,18-21,26-27,36,40,52,55H,8,12,17,22-25,28-30H2,1-4H3/t36-,40-,45-,46+/m0/s1. The van der Waals surface area contributed by atoms with E-state index in [1.165, 1.54) is 38.5 Å². The average molecular weight is 800 g/mol. The summed E-state index contributed by atoms with van der Waals surface area (Å²) >= 11 is 0. The first kappa shape index (κ1) is 42.5. The molecule has 1 fully saturated rings. The van der Waals surface area contributed by atoms with E-state index in [9.17, 15) is 33.0 Å². The molecule has 2 bridgehead atoms. The lowest BCUT2D eigenvalue weighted by Gasteiger charge is -2.46. The van der Waals surface area contributed by atoms with Crippen LogP contribution in [-0.4, -0.2) is 65.6 Å². The molecule has 8 nitrogen and oxygen atoms in total. The minimum atomic E-state index is -4.85. The monoisotopic (exact) mass is 799 g/mol. The fourth-order valence-electron chi connectivity index (χ4n) is 8.78. The van der Waals surface area contributed by atoms with Crippen molar-refractivity contribution < 1.29 is 47.2 Å². The number of carbonyl (C=O) groups is 2. The highest BCUT2D eigenvalue weighted by molar-refractivity contribution is 6.10. The highest BCUT2D eigenvalue weighted by Gasteiger charge is 2.57. The number of carbonyl (C=O) groups excluding carboxylic acids is 2. The van der Waals surface area contributed by atoms with Crippen molar-refractivity contribution in [3.05, 3.63) is 136 Å². The minimum absolute atomic E-state index is 0.00918. The Balaban J connectivity index is 1.40. The maximum absolute atomic E-state index is 14.5. The summed E-state index contributed by atoms with van der Waals surface area (Å²) in [5.41, 5.74) is 2.79. The summed E-state index contributed by atoms with van der Waals surface area (Å²) in [6, 6.07) is 25.5. The number of fused-ring (bicyclic) bond motifs is 8. The van der Waals surface area contributed by atoms with Gasteiger partial charge in [0, 0.05) is 23.1 Å². The molecule has 11 heteroatoms. The first-order valence-electron chi connectivity index (χ1n) is 19.7. The van der Waals surface area contributed by atoms with E-state index in [1.54, 1.807) is 35.2 Å². The molecule has 1 saturated carbocycles. The Morgan fingerprint density at radius 2 is 1.59 bits per heavy atom. The Labute approximate surface area is 338 Å². The van der Waals surface area contributed by atoms with Crippen LogP contribution in [0.4, 0.5) is 13.2 Å². The predicted molar refractivity (Wildman–Crippen MR) is 215 cm³/mol. The van der Waals surface area contributed by atoms with E-state index < -0.39 is 23.5 Å². The van der Waals surface area contributed by atoms with E-state index in [-0.39, 0.29) is 42.9 Å². The summed E-state index contributed by atoms with van der Waals surface area (Å²) in [5, 5.41) is 24.1. The molecule has 0 aromatic heterocycles. The van der Waals surface area contributed by atoms with Gasteiger partial charge in [-0.3, -0.25) is 9.59 Å². The van der Waals surface area contributed by atoms with Gasteiger partial charge in [0.05, 0.1) is 38.9 Å². The second kappa shape index (κ2) is 17.8. The third-order valence-electron chi connectivity index (χ3n) is 12.1. The van der Waals surface area contributed by atoms with Crippen molar-refractivity contribution in [2.75, 3.05) is 20.8 Å². The minimum Gasteiger partial charge on any atom is -0.493 e. The predicted octanol–water partition coefficient (Wildman–Crippen LogP) is 9.14. The summed E-state index contributed by atoms with van der Waals surface area (Å²) < 4.78 is 53.9. The number of alkyl halides is 3. The Kier molecular flexibility index (Phi) is 13.0. The van der Waals surface area contributed by atoms with E-state index in [0.29, 0.717) is 78.7 Å². The van der Waals surface area contributed by atoms with Crippen molar-refractivity contribution in [3.63, 3.8) is 0 Å². The molecular formula is C47H52F3NO7. The van der Waals surface area contributed by atoms with Crippen LogP contribution in [0, 0.1) is 5.41 Å². The Bertz CT molecular complexity index is 2100. The molecule has 7 rings (SSSR count). The fraction of sp³-hybridized carbons (Fsp3) is 0.404. The van der Waals surface area contributed by atoms with Crippen molar-refractivity contribution in [2.24, 2.45) is 5.41 Å². The lowest BCUT2D eigenvalue weighted by atomic mass is 9.64. The average Bonchev–Trinajstić information content (AvgIpc) is 3.45. The third kappa shape index (κ3) is 9.76. The van der Waals surface area contributed by atoms with Gasteiger partial charge in [0.2, 0.25) is 5.91 Å². The van der Waals surface area contributed by atoms with Crippen LogP contribution in [0.25, 0.3) is 0 Å². The number of aliphatic hydroxyl groups is 2. The number of ketones is 1. The molecule has 2 N–H and O–H groups in total. The van der Waals surface area contributed by atoms with E-state index >= 15 is 0 Å². The van der Waals surface area contributed by atoms with Gasteiger partial charge in [0.25, 0.3) is 0 Å². The van der Waals surface area contributed by atoms with Gasteiger partial charge in [-0.25, -0.2) is 0 Å². The van der Waals surface area contributed by atoms with Crippen LogP contribution >= 0.6 is 0 Å². The molecule has 0 unspecified atom stereocenters. The smallest absolute Gasteiger partial charge is 0.493 e. The molecule has 3 aliphatic rings. The summed E-state index contributed by atoms with van der Waals surface area (Å²) in [7, 11) is 3.03. The fourth-order valence-corrected chi connectivity index (χ4v) is 8.78. The number of amides is 1. The number of aliphatic hydroxyl groups excluding tert-OH is 1. The van der Waals surface area contributed by atoms with Gasteiger partial charge in [-0.1, -0.05) is 79.2 Å². The van der Waals surface area contributed by atoms with E-state index in [1.807, 2.05) is 43.3 Å². The van der Waals surface area contributed by atoms with Gasteiger partial charge in [-0.05, 0) is 110 Å². The molecule has 58 heavy (non-hydrogen) atoms. The van der Waals surface area contributed by atoms with Crippen molar-refractivity contribution in [1.29, 1.82) is 0 Å². The Hall–Kier alpha value is -5.13. The number of benzene rings is 4. The Morgan fingerprint density at radius 1 is 0.879 bits per heavy atom. The largest absolute Gasteiger partial charge is 0.573 e. The van der Waals surface area contributed by atoms with Crippen molar-refractivity contribution in [1.82, 2.24) is 4.90 Å². The Morgan fingerprint density at radius 3 is 2.28 bits per heavy atom. The molecule has 4 atom stereocenters. The van der Waals surface area contributed by atoms with Crippen LogP contribution in [0.5, 0.6) is 17.2 Å². The lowest BCUT2D eigenvalue weighted by molar-refractivity contribution is -0.274. The van der Waals surface area contributed by atoms with Crippen molar-refractivity contribution >= 4 is 11.7 Å². The molecule has 0 saturated heterocycles. The first-order valence-corrected chi connectivity index (χ1v) is 19.7. The number of hydrogen-bond donors (Lipinski definition) is 2. The van der Waals surface area contributed by atoms with Crippen LogP contribution < -0.4 is 14.2 Å². The number of halogens is 3. The molecule has 0 heterocycles. The number of rotatable bonds is 11. The van der Waals surface area contributed by atoms with Gasteiger partial charge in [-0.15, -0.1) is 13.2 Å². The lowest BCUT2D eigenvalue weighted by Crippen LogP contribution is -2.53. The summed E-state index contributed by atoms with van der Waals surface area (Å²) in [6.45, 7) is 4.04. The number of ether oxygens (including phenoxy) is 3. The molecule has 4 aromatic carbocycles. The topological polar surface area (TPSA) is 106 Å². The van der Waals surface area contributed by atoms with E-state index in [2.05, 4.69) is 17.7 Å². The van der Waals surface area contributed by atoms with E-state index in [0.717, 1.165) is 16.7 Å². The van der Waals surface area contributed by atoms with Gasteiger partial charge in [0.15, 0.2) is 17.3 Å². The molecule has 0 radical (unpaired) electrons. The number of allylic oxidation sites excluding steroid dienone is 2. The highest BCUT2D eigenvalue weighted by Crippen LogP contribution is 2.59. The van der Waals surface area contributed by atoms with Gasteiger partial charge in [-0.2, -0.15) is 0 Å². The maximum atomic E-state index is 14.5. The van der Waals surface area contributed by atoms with Crippen LogP contribution in [0.2, 0.25) is 0 Å². The van der Waals surface area contributed by atoms with Gasteiger partial charge < -0.3 is 29.3 Å². The van der Waals surface area contributed by atoms with Gasteiger partial charge in [0.1, 0.15) is 5.75 Å². The number of methoxy groups -OCH3 is 2. The zero-order valence-electron chi connectivity index (χ0n) is 33.5. The zero-order valence-corrected chi connectivity index (χ0v) is 33.5. The van der Waals surface area contributed by atoms with Crippen molar-refractivity contribution in [3.8, 4) is 17.2 Å². The second-order valence-corrected chi connectivity index (χ2v) is 16.0. The molecular weight excluding hydrogens is 748 g/mol. The summed E-state index contributed by atoms with van der Waals surface area (Å²) in [5.74, 6) is -0.150. The summed E-state index contributed by atoms with van der Waals surface area (Å²) in [6.07, 6.45) is 0.368. The number of nitrogens with zero attached hydrogens (tertiary/aromatic N) is 1. The molecule has 308 valence electrons. The molecule has 0 spiro atoms. The second-order valence-electron chi connectivity index (χ2n) is 16.0. The number of hydrogen-bond acceptors (Lipinski definition) is 7. The van der Waals surface area contributed by atoms with Crippen molar-refractivity contribution in [2.45, 2.75) is 95.7 Å². The SMILES string of the molecule is COc1ccc(CC(=O)N(Cc2ccc(OC(F)(F)F)cc2)C[C@]2(O)CC[C@H]3c4ccc(cc4C(=O)c4ccccc4)C[C@@H](O)CCC(C)=CCC[C@@]32C)cc1OC. The molecule has 3 aliphatic carbocycles. The maximum Gasteiger partial charge on any atom is 0.573 e. The zero-order chi connectivity index (χ0) is 41.7. The molecule has 1 amide bonds. The molecule has 0 aliphatic heterocycles. The highest BCUT2D eigenvalue weighted by atomic mass is 19.4. The van der Waals surface area contributed by atoms with Crippen LogP contribution in [0.15, 0.2) is 103 Å². The van der Waals surface area contributed by atoms with E-state index in [4.69, 9.17) is 9.47 Å². The van der Waals surface area contributed by atoms with Crippen LogP contribution in [-0.2, 0) is 24.2 Å².